The van der Waals surface area contributed by atoms with Crippen molar-refractivity contribution in [3.8, 4) is 11.3 Å². The Bertz CT molecular complexity index is 447. The average Bonchev–Trinajstić information content (AvgIpc) is 2.62. The molecule has 1 aromatic carbocycles. The highest BCUT2D eigenvalue weighted by Gasteiger charge is 2.11. The lowest BCUT2D eigenvalue weighted by molar-refractivity contribution is 0.707. The zero-order valence-corrected chi connectivity index (χ0v) is 9.29. The SMILES string of the molecule is c1ccc(-c2cc3c([nH]2)CCNCC3)cc1. The average molecular weight is 212 g/mol. The van der Waals surface area contributed by atoms with Gasteiger partial charge in [0.15, 0.2) is 0 Å². The molecule has 0 radical (unpaired) electrons. The van der Waals surface area contributed by atoms with Crippen LogP contribution in [-0.4, -0.2) is 18.1 Å². The molecular formula is C14H16N2. The molecular weight excluding hydrogens is 196 g/mol. The van der Waals surface area contributed by atoms with Crippen LogP contribution in [0.25, 0.3) is 11.3 Å². The van der Waals surface area contributed by atoms with Crippen molar-refractivity contribution < 1.29 is 0 Å². The fourth-order valence-electron chi connectivity index (χ4n) is 2.32. The van der Waals surface area contributed by atoms with Crippen LogP contribution in [0.2, 0.25) is 0 Å². The van der Waals surface area contributed by atoms with E-state index in [0.717, 1.165) is 25.9 Å². The molecule has 2 heteroatoms. The van der Waals surface area contributed by atoms with Crippen LogP contribution in [0.4, 0.5) is 0 Å². The van der Waals surface area contributed by atoms with E-state index < -0.39 is 0 Å². The van der Waals surface area contributed by atoms with Crippen molar-refractivity contribution >= 4 is 0 Å². The molecule has 0 amide bonds. The van der Waals surface area contributed by atoms with Gasteiger partial charge in [0.05, 0.1) is 0 Å². The van der Waals surface area contributed by atoms with E-state index in [2.05, 4.69) is 46.7 Å². The van der Waals surface area contributed by atoms with Gasteiger partial charge in [-0.15, -0.1) is 0 Å². The standard InChI is InChI=1S/C14H16N2/c1-2-4-11(5-3-1)14-10-12-6-8-15-9-7-13(12)16-14/h1-5,10,15-16H,6-9H2. The number of hydrogen-bond acceptors (Lipinski definition) is 1. The highest BCUT2D eigenvalue weighted by molar-refractivity contribution is 5.61. The van der Waals surface area contributed by atoms with E-state index >= 15 is 0 Å². The van der Waals surface area contributed by atoms with Gasteiger partial charge in [-0.3, -0.25) is 0 Å². The Morgan fingerprint density at radius 1 is 0.938 bits per heavy atom. The van der Waals surface area contributed by atoms with Crippen molar-refractivity contribution in [1.82, 2.24) is 10.3 Å². The first-order chi connectivity index (χ1) is 7.93. The molecule has 2 heterocycles. The predicted molar refractivity (Wildman–Crippen MR) is 66.5 cm³/mol. The Kier molecular flexibility index (Phi) is 2.50. The smallest absolute Gasteiger partial charge is 0.0458 e. The zero-order valence-electron chi connectivity index (χ0n) is 9.29. The summed E-state index contributed by atoms with van der Waals surface area (Å²) in [7, 11) is 0. The summed E-state index contributed by atoms with van der Waals surface area (Å²) < 4.78 is 0. The highest BCUT2D eigenvalue weighted by Crippen LogP contribution is 2.23. The van der Waals surface area contributed by atoms with Crippen LogP contribution < -0.4 is 5.32 Å². The van der Waals surface area contributed by atoms with E-state index in [4.69, 9.17) is 0 Å². The Labute approximate surface area is 95.7 Å². The van der Waals surface area contributed by atoms with Crippen molar-refractivity contribution in [1.29, 1.82) is 0 Å². The molecule has 16 heavy (non-hydrogen) atoms. The number of nitrogens with one attached hydrogen (secondary N) is 2. The Morgan fingerprint density at radius 2 is 1.75 bits per heavy atom. The van der Waals surface area contributed by atoms with E-state index in [1.54, 1.807) is 0 Å². The first kappa shape index (κ1) is 9.67. The van der Waals surface area contributed by atoms with Crippen LogP contribution in [0.5, 0.6) is 0 Å². The first-order valence-corrected chi connectivity index (χ1v) is 5.90. The van der Waals surface area contributed by atoms with Crippen LogP contribution in [0, 0.1) is 0 Å². The Hall–Kier alpha value is -1.54. The van der Waals surface area contributed by atoms with Gasteiger partial charge >= 0.3 is 0 Å². The summed E-state index contributed by atoms with van der Waals surface area (Å²) >= 11 is 0. The second-order valence-electron chi connectivity index (χ2n) is 4.30. The van der Waals surface area contributed by atoms with Crippen LogP contribution in [0.1, 0.15) is 11.3 Å². The van der Waals surface area contributed by atoms with Crippen LogP contribution in [0.3, 0.4) is 0 Å². The van der Waals surface area contributed by atoms with Crippen LogP contribution in [0.15, 0.2) is 36.4 Å². The summed E-state index contributed by atoms with van der Waals surface area (Å²) in [5, 5.41) is 3.42. The van der Waals surface area contributed by atoms with Crippen molar-refractivity contribution in [2.24, 2.45) is 0 Å². The van der Waals surface area contributed by atoms with Crippen LogP contribution in [-0.2, 0) is 12.8 Å². The molecule has 0 saturated heterocycles. The molecule has 3 rings (SSSR count). The summed E-state index contributed by atoms with van der Waals surface area (Å²) in [6, 6.07) is 12.8. The van der Waals surface area contributed by atoms with Gasteiger partial charge in [-0.1, -0.05) is 30.3 Å². The maximum absolute atomic E-state index is 3.55. The number of hydrogen-bond donors (Lipinski definition) is 2. The third-order valence-electron chi connectivity index (χ3n) is 3.20. The fourth-order valence-corrected chi connectivity index (χ4v) is 2.32. The molecule has 0 aliphatic carbocycles. The van der Waals surface area contributed by atoms with Crippen molar-refractivity contribution in [3.63, 3.8) is 0 Å². The van der Waals surface area contributed by atoms with Gasteiger partial charge < -0.3 is 10.3 Å². The van der Waals surface area contributed by atoms with Gasteiger partial charge in [0.1, 0.15) is 0 Å². The second-order valence-corrected chi connectivity index (χ2v) is 4.30. The highest BCUT2D eigenvalue weighted by atomic mass is 14.9. The number of aromatic nitrogens is 1. The van der Waals surface area contributed by atoms with Crippen molar-refractivity contribution in [2.75, 3.05) is 13.1 Å². The number of H-pyrrole nitrogens is 1. The zero-order chi connectivity index (χ0) is 10.8. The lowest BCUT2D eigenvalue weighted by Gasteiger charge is -1.98. The molecule has 0 saturated carbocycles. The third-order valence-corrected chi connectivity index (χ3v) is 3.20. The summed E-state index contributed by atoms with van der Waals surface area (Å²) in [6.07, 6.45) is 2.25. The number of aromatic amines is 1. The minimum Gasteiger partial charge on any atom is -0.358 e. The van der Waals surface area contributed by atoms with Gasteiger partial charge in [-0.05, 0) is 30.2 Å². The number of rotatable bonds is 1. The maximum atomic E-state index is 3.55. The number of fused-ring (bicyclic) bond motifs is 1. The van der Waals surface area contributed by atoms with Gasteiger partial charge in [-0.2, -0.15) is 0 Å². The largest absolute Gasteiger partial charge is 0.358 e. The molecule has 2 N–H and O–H groups in total. The minimum absolute atomic E-state index is 1.09. The van der Waals surface area contributed by atoms with Gasteiger partial charge in [0, 0.05) is 24.4 Å². The summed E-state index contributed by atoms with van der Waals surface area (Å²) in [5.74, 6) is 0. The first-order valence-electron chi connectivity index (χ1n) is 5.90. The topological polar surface area (TPSA) is 27.8 Å². The third kappa shape index (κ3) is 1.76. The van der Waals surface area contributed by atoms with Crippen LogP contribution >= 0.6 is 0 Å². The molecule has 0 atom stereocenters. The normalized spacial score (nSPS) is 15.5. The van der Waals surface area contributed by atoms with Gasteiger partial charge in [-0.25, -0.2) is 0 Å². The second kappa shape index (κ2) is 4.14. The molecule has 2 aromatic rings. The lowest BCUT2D eigenvalue weighted by Crippen LogP contribution is -2.16. The molecule has 2 nitrogen and oxygen atoms in total. The monoisotopic (exact) mass is 212 g/mol. The van der Waals surface area contributed by atoms with E-state index in [1.165, 1.54) is 22.5 Å². The molecule has 1 aromatic heterocycles. The van der Waals surface area contributed by atoms with E-state index in [0.29, 0.717) is 0 Å². The van der Waals surface area contributed by atoms with Gasteiger partial charge in [0.2, 0.25) is 0 Å². The molecule has 82 valence electrons. The molecule has 0 spiro atoms. The Morgan fingerprint density at radius 3 is 2.62 bits per heavy atom. The van der Waals surface area contributed by atoms with E-state index in [9.17, 15) is 0 Å². The summed E-state index contributed by atoms with van der Waals surface area (Å²) in [6.45, 7) is 2.18. The molecule has 0 bridgehead atoms. The molecule has 0 fully saturated rings. The van der Waals surface area contributed by atoms with Gasteiger partial charge in [0.25, 0.3) is 0 Å². The van der Waals surface area contributed by atoms with E-state index in [1.807, 2.05) is 0 Å². The lowest BCUT2D eigenvalue weighted by atomic mass is 10.1. The van der Waals surface area contributed by atoms with E-state index in [-0.39, 0.29) is 0 Å². The number of benzene rings is 1. The van der Waals surface area contributed by atoms with Crippen molar-refractivity contribution in [2.45, 2.75) is 12.8 Å². The Balaban J connectivity index is 1.98. The summed E-state index contributed by atoms with van der Waals surface area (Å²) in [5.41, 5.74) is 5.42. The van der Waals surface area contributed by atoms with Crippen molar-refractivity contribution in [3.05, 3.63) is 47.7 Å². The summed E-state index contributed by atoms with van der Waals surface area (Å²) in [4.78, 5) is 3.55. The minimum atomic E-state index is 1.09. The molecule has 0 unspecified atom stereocenters. The quantitative estimate of drug-likeness (QED) is 0.746. The predicted octanol–water partition coefficient (Wildman–Crippen LogP) is 2.37. The maximum Gasteiger partial charge on any atom is 0.0458 e. The molecule has 1 aliphatic rings. The molecule has 1 aliphatic heterocycles. The fraction of sp³-hybridized carbons (Fsp3) is 0.286.